The molecule has 0 radical (unpaired) electrons. The highest BCUT2D eigenvalue weighted by molar-refractivity contribution is 8.21. The molecule has 0 aliphatic carbocycles. The maximum absolute atomic E-state index is 11.6. The molecule has 4 atom stereocenters. The van der Waals surface area contributed by atoms with Crippen LogP contribution < -0.4 is 0 Å². The van der Waals surface area contributed by atoms with Gasteiger partial charge in [-0.1, -0.05) is 85.2 Å². The maximum Gasteiger partial charge on any atom is 0.211 e. The average Bonchev–Trinajstić information content (AvgIpc) is 3.55. The third kappa shape index (κ3) is 6.77. The van der Waals surface area contributed by atoms with Crippen molar-refractivity contribution in [1.29, 1.82) is 0 Å². The van der Waals surface area contributed by atoms with E-state index in [2.05, 4.69) is 61.7 Å². The number of thioether (sulfide) groups is 6. The van der Waals surface area contributed by atoms with E-state index in [0.29, 0.717) is 19.7 Å². The van der Waals surface area contributed by atoms with Gasteiger partial charge in [0.05, 0.1) is 9.16 Å². The van der Waals surface area contributed by atoms with Crippen molar-refractivity contribution >= 4 is 80.8 Å². The topological polar surface area (TPSA) is 34.1 Å². The van der Waals surface area contributed by atoms with Crippen LogP contribution in [0.5, 0.6) is 0 Å². The summed E-state index contributed by atoms with van der Waals surface area (Å²) in [5.41, 5.74) is 5.34. The molecule has 4 rings (SSSR count). The lowest BCUT2D eigenvalue weighted by Crippen LogP contribution is -2.06. The van der Waals surface area contributed by atoms with Crippen LogP contribution in [-0.4, -0.2) is 43.7 Å². The lowest BCUT2D eigenvalue weighted by atomic mass is 9.96. The highest BCUT2D eigenvalue weighted by atomic mass is 32.2. The minimum absolute atomic E-state index is 0.0560. The zero-order chi connectivity index (χ0) is 23.9. The summed E-state index contributed by atoms with van der Waals surface area (Å²) in [5.74, 6) is 3.78. The van der Waals surface area contributed by atoms with Gasteiger partial charge in [-0.25, -0.2) is 0 Å². The molecule has 2 aromatic rings. The van der Waals surface area contributed by atoms with Gasteiger partial charge in [0.1, 0.15) is 0 Å². The highest BCUT2D eigenvalue weighted by Gasteiger charge is 2.32. The fraction of sp³-hybridized carbons (Fsp3) is 0.308. The summed E-state index contributed by atoms with van der Waals surface area (Å²) in [4.78, 5) is 23.3. The Bertz CT molecular complexity index is 972. The molecule has 0 amide bonds. The Labute approximate surface area is 227 Å². The second-order valence-corrected chi connectivity index (χ2v) is 15.4. The molecule has 2 aliphatic rings. The maximum atomic E-state index is 11.6. The molecule has 0 N–H and O–H groups in total. The molecular weight excluding hydrogens is 537 g/mol. The number of hydrogen-bond acceptors (Lipinski definition) is 8. The van der Waals surface area contributed by atoms with Crippen LogP contribution in [0.1, 0.15) is 20.3 Å². The van der Waals surface area contributed by atoms with Crippen LogP contribution in [0.15, 0.2) is 73.8 Å². The van der Waals surface area contributed by atoms with E-state index in [1.54, 1.807) is 0 Å². The van der Waals surface area contributed by atoms with Crippen molar-refractivity contribution in [2.75, 3.05) is 23.0 Å². The minimum Gasteiger partial charge on any atom is -0.282 e. The first kappa shape index (κ1) is 26.4. The van der Waals surface area contributed by atoms with Crippen LogP contribution in [0.3, 0.4) is 0 Å². The van der Waals surface area contributed by atoms with Gasteiger partial charge >= 0.3 is 0 Å². The highest BCUT2D eigenvalue weighted by Crippen LogP contribution is 2.55. The van der Waals surface area contributed by atoms with Crippen molar-refractivity contribution in [3.05, 3.63) is 85.0 Å². The van der Waals surface area contributed by atoms with Crippen molar-refractivity contribution in [2.45, 2.75) is 19.7 Å². The lowest BCUT2D eigenvalue weighted by Gasteiger charge is -2.20. The summed E-state index contributed by atoms with van der Waals surface area (Å²) >= 11 is 10.7. The minimum atomic E-state index is 0.0560. The van der Waals surface area contributed by atoms with Crippen LogP contribution in [0.25, 0.3) is 11.1 Å². The molecule has 8 heteroatoms. The van der Waals surface area contributed by atoms with Crippen molar-refractivity contribution in [2.24, 2.45) is 0 Å². The number of rotatable bonds is 9. The van der Waals surface area contributed by atoms with Gasteiger partial charge in [-0.3, -0.25) is 9.59 Å². The van der Waals surface area contributed by atoms with E-state index in [4.69, 9.17) is 0 Å². The summed E-state index contributed by atoms with van der Waals surface area (Å²) in [7, 11) is 0. The third-order valence-electron chi connectivity index (χ3n) is 5.38. The van der Waals surface area contributed by atoms with Gasteiger partial charge in [-0.15, -0.1) is 47.0 Å². The van der Waals surface area contributed by atoms with Gasteiger partial charge in [0.2, 0.25) is 10.2 Å². The first-order chi connectivity index (χ1) is 16.6. The molecule has 4 unspecified atom stereocenters. The molecule has 0 spiro atoms. The monoisotopic (exact) mass is 562 g/mol. The Kier molecular flexibility index (Phi) is 10.2. The largest absolute Gasteiger partial charge is 0.282 e. The van der Waals surface area contributed by atoms with Gasteiger partial charge < -0.3 is 0 Å². The van der Waals surface area contributed by atoms with E-state index in [0.717, 1.165) is 23.0 Å². The van der Waals surface area contributed by atoms with E-state index < -0.39 is 0 Å². The first-order valence-electron chi connectivity index (χ1n) is 10.9. The Morgan fingerprint density at radius 2 is 1.18 bits per heavy atom. The lowest BCUT2D eigenvalue weighted by molar-refractivity contribution is -0.107. The predicted molar refractivity (Wildman–Crippen MR) is 160 cm³/mol. The molecule has 2 aromatic carbocycles. The SMILES string of the molecule is C=CC(=O)SCC1CSC(c2ccccc2-c2ccccc2C2SCC(CSC(=O)C=C)S2)S1. The fourth-order valence-corrected chi connectivity index (χ4v) is 12.6. The average molecular weight is 563 g/mol. The summed E-state index contributed by atoms with van der Waals surface area (Å²) in [6.45, 7) is 7.15. The van der Waals surface area contributed by atoms with E-state index >= 15 is 0 Å². The van der Waals surface area contributed by atoms with E-state index in [9.17, 15) is 9.59 Å². The molecule has 2 saturated heterocycles. The number of benzene rings is 2. The second-order valence-electron chi connectivity index (χ2n) is 7.69. The zero-order valence-corrected chi connectivity index (χ0v) is 23.5. The van der Waals surface area contributed by atoms with Crippen molar-refractivity contribution in [3.8, 4) is 11.1 Å². The summed E-state index contributed by atoms with van der Waals surface area (Å²) < 4.78 is 0.735. The molecule has 2 aliphatic heterocycles. The van der Waals surface area contributed by atoms with Crippen LogP contribution in [-0.2, 0) is 9.59 Å². The number of carbonyl (C=O) groups excluding carboxylic acids is 2. The van der Waals surface area contributed by atoms with Crippen LogP contribution in [0, 0.1) is 0 Å². The molecular formula is C26H26O2S6. The van der Waals surface area contributed by atoms with Gasteiger partial charge in [0.15, 0.2) is 0 Å². The third-order valence-corrected chi connectivity index (χ3v) is 14.5. The molecule has 34 heavy (non-hydrogen) atoms. The summed E-state index contributed by atoms with van der Waals surface area (Å²) in [6, 6.07) is 17.5. The van der Waals surface area contributed by atoms with Crippen molar-refractivity contribution in [3.63, 3.8) is 0 Å². The first-order valence-corrected chi connectivity index (χ1v) is 16.8. The summed E-state index contributed by atoms with van der Waals surface area (Å²) in [6.07, 6.45) is 2.81. The second kappa shape index (κ2) is 13.1. The quantitative estimate of drug-likeness (QED) is 0.285. The van der Waals surface area contributed by atoms with Crippen LogP contribution in [0.2, 0.25) is 0 Å². The molecule has 0 saturated carbocycles. The van der Waals surface area contributed by atoms with Gasteiger partial charge in [0.25, 0.3) is 0 Å². The molecule has 178 valence electrons. The standard InChI is InChI=1S/C26H26O2S6/c1-3-23(27)29-13-17-15-31-25(33-17)21-11-7-5-9-19(21)20-10-6-8-12-22(20)26-32-16-18(34-26)14-30-24(28)4-2/h3-12,17-18,25-26H,1-2,13-16H2. The van der Waals surface area contributed by atoms with Gasteiger partial charge in [-0.05, 0) is 34.4 Å². The molecule has 2 fully saturated rings. The van der Waals surface area contributed by atoms with Crippen LogP contribution in [0.4, 0.5) is 0 Å². The van der Waals surface area contributed by atoms with E-state index in [1.807, 2.05) is 47.0 Å². The predicted octanol–water partition coefficient (Wildman–Crippen LogP) is 7.94. The molecule has 2 heterocycles. The summed E-state index contributed by atoms with van der Waals surface area (Å²) in [5, 5.41) is 1.04. The fourth-order valence-electron chi connectivity index (χ4n) is 3.76. The van der Waals surface area contributed by atoms with Gasteiger partial charge in [0, 0.05) is 33.5 Å². The normalized spacial score (nSPS) is 24.1. The Hall–Kier alpha value is -0.640. The Morgan fingerprint density at radius 1 is 0.765 bits per heavy atom. The molecule has 2 nitrogen and oxygen atoms in total. The van der Waals surface area contributed by atoms with E-state index in [-0.39, 0.29) is 10.2 Å². The van der Waals surface area contributed by atoms with Gasteiger partial charge in [-0.2, -0.15) is 0 Å². The smallest absolute Gasteiger partial charge is 0.211 e. The molecule has 0 bridgehead atoms. The number of hydrogen-bond donors (Lipinski definition) is 0. The van der Waals surface area contributed by atoms with E-state index in [1.165, 1.54) is 57.9 Å². The Morgan fingerprint density at radius 3 is 1.59 bits per heavy atom. The molecule has 0 aromatic heterocycles. The zero-order valence-electron chi connectivity index (χ0n) is 18.6. The van der Waals surface area contributed by atoms with Crippen molar-refractivity contribution < 1.29 is 9.59 Å². The van der Waals surface area contributed by atoms with Crippen molar-refractivity contribution in [1.82, 2.24) is 0 Å². The number of carbonyl (C=O) groups is 2. The Balaban J connectivity index is 1.50. The van der Waals surface area contributed by atoms with Crippen LogP contribution >= 0.6 is 70.6 Å².